The second kappa shape index (κ2) is 8.31. The number of hydrogen-bond donors (Lipinski definition) is 1. The minimum absolute atomic E-state index is 0.0403. The fourth-order valence-corrected chi connectivity index (χ4v) is 3.67. The number of hydrogen-bond acceptors (Lipinski definition) is 2. The Morgan fingerprint density at radius 1 is 0.897 bits per heavy atom. The molecule has 146 valence electrons. The van der Waals surface area contributed by atoms with Crippen LogP contribution in [0.5, 0.6) is 0 Å². The number of carbonyl (C=O) groups excluding carboxylic acids is 2. The van der Waals surface area contributed by atoms with Crippen LogP contribution < -0.4 is 5.32 Å². The Kier molecular flexibility index (Phi) is 5.43. The quantitative estimate of drug-likeness (QED) is 0.709. The molecule has 0 saturated carbocycles. The SMILES string of the molecule is CCc1ccc(NC(=O)c2cccc(C(=O)N3CCc4ccccc4C3)c2)cc1. The van der Waals surface area contributed by atoms with Crippen LogP contribution in [0.4, 0.5) is 5.69 Å². The summed E-state index contributed by atoms with van der Waals surface area (Å²) < 4.78 is 0. The lowest BCUT2D eigenvalue weighted by Gasteiger charge is -2.29. The molecule has 3 aromatic carbocycles. The number of anilines is 1. The molecule has 4 rings (SSSR count). The van der Waals surface area contributed by atoms with Crippen LogP contribution >= 0.6 is 0 Å². The number of fused-ring (bicyclic) bond motifs is 1. The average Bonchev–Trinajstić information content (AvgIpc) is 2.79. The van der Waals surface area contributed by atoms with Gasteiger partial charge in [-0.3, -0.25) is 9.59 Å². The van der Waals surface area contributed by atoms with Crippen molar-refractivity contribution in [3.05, 3.63) is 101 Å². The Bertz CT molecular complexity index is 1040. The second-order valence-electron chi connectivity index (χ2n) is 7.33. The smallest absolute Gasteiger partial charge is 0.255 e. The molecule has 29 heavy (non-hydrogen) atoms. The van der Waals surface area contributed by atoms with Crippen molar-refractivity contribution < 1.29 is 9.59 Å². The number of rotatable bonds is 4. The van der Waals surface area contributed by atoms with E-state index in [-0.39, 0.29) is 11.8 Å². The van der Waals surface area contributed by atoms with Crippen LogP contribution in [-0.4, -0.2) is 23.3 Å². The van der Waals surface area contributed by atoms with Gasteiger partial charge in [0.1, 0.15) is 0 Å². The van der Waals surface area contributed by atoms with E-state index in [0.717, 1.165) is 18.5 Å². The molecule has 0 spiro atoms. The molecule has 0 fully saturated rings. The molecule has 3 aromatic rings. The lowest BCUT2D eigenvalue weighted by Crippen LogP contribution is -2.36. The van der Waals surface area contributed by atoms with Gasteiger partial charge in [0.05, 0.1) is 0 Å². The maximum atomic E-state index is 13.0. The Morgan fingerprint density at radius 3 is 2.38 bits per heavy atom. The van der Waals surface area contributed by atoms with E-state index in [0.29, 0.717) is 24.2 Å². The largest absolute Gasteiger partial charge is 0.334 e. The number of aryl methyl sites for hydroxylation is 1. The monoisotopic (exact) mass is 384 g/mol. The summed E-state index contributed by atoms with van der Waals surface area (Å²) in [4.78, 5) is 27.5. The molecule has 2 amide bonds. The molecule has 0 unspecified atom stereocenters. The highest BCUT2D eigenvalue weighted by Crippen LogP contribution is 2.21. The van der Waals surface area contributed by atoms with E-state index in [1.165, 1.54) is 16.7 Å². The first kappa shape index (κ1) is 18.9. The predicted octanol–water partition coefficient (Wildman–Crippen LogP) is 4.70. The Morgan fingerprint density at radius 2 is 1.62 bits per heavy atom. The van der Waals surface area contributed by atoms with E-state index in [2.05, 4.69) is 24.4 Å². The summed E-state index contributed by atoms with van der Waals surface area (Å²) in [6.07, 6.45) is 1.81. The number of carbonyl (C=O) groups is 2. The Balaban J connectivity index is 1.48. The normalized spacial score (nSPS) is 12.9. The van der Waals surface area contributed by atoms with Crippen molar-refractivity contribution in [2.24, 2.45) is 0 Å². The summed E-state index contributed by atoms with van der Waals surface area (Å²) in [5, 5.41) is 2.90. The third-order valence-corrected chi connectivity index (χ3v) is 5.41. The minimum Gasteiger partial charge on any atom is -0.334 e. The maximum absolute atomic E-state index is 13.0. The van der Waals surface area contributed by atoms with Crippen LogP contribution in [0.2, 0.25) is 0 Å². The summed E-state index contributed by atoms with van der Waals surface area (Å²) in [6.45, 7) is 3.39. The molecule has 4 nitrogen and oxygen atoms in total. The van der Waals surface area contributed by atoms with Crippen molar-refractivity contribution >= 4 is 17.5 Å². The predicted molar refractivity (Wildman–Crippen MR) is 115 cm³/mol. The number of benzene rings is 3. The van der Waals surface area contributed by atoms with Crippen LogP contribution in [0.25, 0.3) is 0 Å². The highest BCUT2D eigenvalue weighted by Gasteiger charge is 2.22. The standard InChI is InChI=1S/C25H24N2O2/c1-2-18-10-12-23(13-11-18)26-24(28)20-8-5-9-21(16-20)25(29)27-15-14-19-6-3-4-7-22(19)17-27/h3-13,16H,2,14-15,17H2,1H3,(H,26,28). The fourth-order valence-electron chi connectivity index (χ4n) is 3.67. The van der Waals surface area contributed by atoms with Crippen LogP contribution in [0, 0.1) is 0 Å². The van der Waals surface area contributed by atoms with Gasteiger partial charge in [-0.2, -0.15) is 0 Å². The Labute approximate surface area is 171 Å². The van der Waals surface area contributed by atoms with Crippen molar-refractivity contribution in [1.82, 2.24) is 4.90 Å². The van der Waals surface area contributed by atoms with Crippen LogP contribution in [0.3, 0.4) is 0 Å². The van der Waals surface area contributed by atoms with Gasteiger partial charge in [-0.1, -0.05) is 49.4 Å². The highest BCUT2D eigenvalue weighted by atomic mass is 16.2. The summed E-state index contributed by atoms with van der Waals surface area (Å²) in [5.41, 5.74) is 5.48. The zero-order chi connectivity index (χ0) is 20.2. The van der Waals surface area contributed by atoms with Gasteiger partial charge in [-0.05, 0) is 59.9 Å². The lowest BCUT2D eigenvalue weighted by molar-refractivity contribution is 0.0734. The van der Waals surface area contributed by atoms with E-state index in [1.54, 1.807) is 24.3 Å². The highest BCUT2D eigenvalue weighted by molar-refractivity contribution is 6.06. The van der Waals surface area contributed by atoms with Gasteiger partial charge in [-0.25, -0.2) is 0 Å². The molecule has 0 aliphatic carbocycles. The Hall–Kier alpha value is -3.40. The molecular formula is C25H24N2O2. The maximum Gasteiger partial charge on any atom is 0.255 e. The average molecular weight is 384 g/mol. The third kappa shape index (κ3) is 4.21. The van der Waals surface area contributed by atoms with E-state index < -0.39 is 0 Å². The van der Waals surface area contributed by atoms with Crippen molar-refractivity contribution in [3.63, 3.8) is 0 Å². The molecule has 1 aliphatic rings. The molecule has 1 heterocycles. The summed E-state index contributed by atoms with van der Waals surface area (Å²) in [6, 6.07) is 23.0. The molecule has 0 aromatic heterocycles. The first-order chi connectivity index (χ1) is 14.1. The van der Waals surface area contributed by atoms with E-state index in [1.807, 2.05) is 41.3 Å². The van der Waals surface area contributed by atoms with Gasteiger partial charge >= 0.3 is 0 Å². The van der Waals surface area contributed by atoms with Crippen molar-refractivity contribution in [1.29, 1.82) is 0 Å². The minimum atomic E-state index is -0.215. The third-order valence-electron chi connectivity index (χ3n) is 5.41. The van der Waals surface area contributed by atoms with Crippen molar-refractivity contribution in [2.75, 3.05) is 11.9 Å². The molecule has 0 radical (unpaired) electrons. The molecule has 4 heteroatoms. The van der Waals surface area contributed by atoms with Gasteiger partial charge in [-0.15, -0.1) is 0 Å². The van der Waals surface area contributed by atoms with Crippen molar-refractivity contribution in [2.45, 2.75) is 26.3 Å². The lowest BCUT2D eigenvalue weighted by atomic mass is 9.99. The van der Waals surface area contributed by atoms with Gasteiger partial charge in [0.2, 0.25) is 0 Å². The number of nitrogens with one attached hydrogen (secondary N) is 1. The number of nitrogens with zero attached hydrogens (tertiary/aromatic N) is 1. The molecular weight excluding hydrogens is 360 g/mol. The van der Waals surface area contributed by atoms with Gasteiger partial charge in [0.25, 0.3) is 11.8 Å². The second-order valence-corrected chi connectivity index (χ2v) is 7.33. The fraction of sp³-hybridized carbons (Fsp3) is 0.200. The summed E-state index contributed by atoms with van der Waals surface area (Å²) in [5.74, 6) is -0.255. The molecule has 1 aliphatic heterocycles. The van der Waals surface area contributed by atoms with Gasteiger partial charge < -0.3 is 10.2 Å². The van der Waals surface area contributed by atoms with Crippen LogP contribution in [0.15, 0.2) is 72.8 Å². The first-order valence-corrected chi connectivity index (χ1v) is 10.0. The van der Waals surface area contributed by atoms with Crippen LogP contribution in [0.1, 0.15) is 44.3 Å². The van der Waals surface area contributed by atoms with Crippen molar-refractivity contribution in [3.8, 4) is 0 Å². The molecule has 0 atom stereocenters. The van der Waals surface area contributed by atoms with Crippen LogP contribution in [-0.2, 0) is 19.4 Å². The van der Waals surface area contributed by atoms with E-state index >= 15 is 0 Å². The zero-order valence-electron chi connectivity index (χ0n) is 16.5. The van der Waals surface area contributed by atoms with Gasteiger partial charge in [0, 0.05) is 29.9 Å². The topological polar surface area (TPSA) is 49.4 Å². The number of amides is 2. The first-order valence-electron chi connectivity index (χ1n) is 10.0. The molecule has 0 bridgehead atoms. The summed E-state index contributed by atoms with van der Waals surface area (Å²) in [7, 11) is 0. The molecule has 0 saturated heterocycles. The zero-order valence-corrected chi connectivity index (χ0v) is 16.5. The van der Waals surface area contributed by atoms with Gasteiger partial charge in [0.15, 0.2) is 0 Å². The summed E-state index contributed by atoms with van der Waals surface area (Å²) >= 11 is 0. The van der Waals surface area contributed by atoms with E-state index in [9.17, 15) is 9.59 Å². The van der Waals surface area contributed by atoms with E-state index in [4.69, 9.17) is 0 Å². The molecule has 1 N–H and O–H groups in total.